The SMILES string of the molecule is CSc1ccc(/C=N\Nc2nc(Nc3ccccc3)nc(N3CCOCC3)n2)cc1. The molecule has 2 heterocycles. The number of nitrogens with zero attached hydrogens (tertiary/aromatic N) is 5. The van der Waals surface area contributed by atoms with Crippen LogP contribution in [0.15, 0.2) is 64.6 Å². The Kier molecular flexibility index (Phi) is 6.73. The van der Waals surface area contributed by atoms with E-state index in [1.807, 2.05) is 42.5 Å². The number of morpholine rings is 1. The predicted octanol–water partition coefficient (Wildman–Crippen LogP) is 3.62. The van der Waals surface area contributed by atoms with E-state index in [1.54, 1.807) is 18.0 Å². The largest absolute Gasteiger partial charge is 0.378 e. The molecule has 0 amide bonds. The van der Waals surface area contributed by atoms with Gasteiger partial charge in [0, 0.05) is 23.7 Å². The third-order valence-electron chi connectivity index (χ3n) is 4.44. The molecule has 0 spiro atoms. The van der Waals surface area contributed by atoms with Crippen molar-refractivity contribution in [1.82, 2.24) is 15.0 Å². The molecule has 1 aliphatic heterocycles. The van der Waals surface area contributed by atoms with E-state index in [1.165, 1.54) is 4.90 Å². The molecule has 1 saturated heterocycles. The summed E-state index contributed by atoms with van der Waals surface area (Å²) < 4.78 is 5.44. The zero-order chi connectivity index (χ0) is 20.6. The fourth-order valence-corrected chi connectivity index (χ4v) is 3.29. The van der Waals surface area contributed by atoms with Crippen LogP contribution < -0.4 is 15.6 Å². The fourth-order valence-electron chi connectivity index (χ4n) is 2.88. The van der Waals surface area contributed by atoms with E-state index in [0.29, 0.717) is 31.1 Å². The van der Waals surface area contributed by atoms with Crippen LogP contribution in [-0.2, 0) is 4.74 Å². The minimum Gasteiger partial charge on any atom is -0.378 e. The van der Waals surface area contributed by atoms with Gasteiger partial charge in [-0.25, -0.2) is 5.43 Å². The van der Waals surface area contributed by atoms with E-state index in [9.17, 15) is 0 Å². The van der Waals surface area contributed by atoms with Crippen LogP contribution in [0.3, 0.4) is 0 Å². The summed E-state index contributed by atoms with van der Waals surface area (Å²) in [6.45, 7) is 2.78. The van der Waals surface area contributed by atoms with Crippen LogP contribution in [0.1, 0.15) is 5.56 Å². The fraction of sp³-hybridized carbons (Fsp3) is 0.238. The first-order valence-corrected chi connectivity index (χ1v) is 10.9. The molecule has 0 atom stereocenters. The van der Waals surface area contributed by atoms with Gasteiger partial charge < -0.3 is 15.0 Å². The summed E-state index contributed by atoms with van der Waals surface area (Å²) in [6.07, 6.45) is 3.80. The van der Waals surface area contributed by atoms with Gasteiger partial charge in [-0.05, 0) is 36.1 Å². The van der Waals surface area contributed by atoms with Crippen molar-refractivity contribution in [1.29, 1.82) is 0 Å². The summed E-state index contributed by atoms with van der Waals surface area (Å²) in [4.78, 5) is 16.9. The first-order chi connectivity index (χ1) is 14.8. The number of benzene rings is 2. The van der Waals surface area contributed by atoms with Crippen LogP contribution in [0.2, 0.25) is 0 Å². The van der Waals surface area contributed by atoms with Gasteiger partial charge in [0.15, 0.2) is 0 Å². The number of rotatable bonds is 7. The van der Waals surface area contributed by atoms with Gasteiger partial charge in [0.1, 0.15) is 0 Å². The number of para-hydroxylation sites is 1. The maximum Gasteiger partial charge on any atom is 0.250 e. The quantitative estimate of drug-likeness (QED) is 0.340. The standard InChI is InChI=1S/C21H23N7OS/c1-30-18-9-7-16(8-10-18)15-22-27-20-24-19(23-17-5-3-2-4-6-17)25-21(26-20)28-11-13-29-14-12-28/h2-10,15H,11-14H2,1H3,(H2,23,24,25,26,27)/b22-15-. The molecular formula is C21H23N7OS. The normalized spacial score (nSPS) is 14.1. The van der Waals surface area contributed by atoms with Gasteiger partial charge in [0.2, 0.25) is 17.8 Å². The van der Waals surface area contributed by atoms with Crippen LogP contribution in [0.5, 0.6) is 0 Å². The Morgan fingerprint density at radius 3 is 2.43 bits per heavy atom. The van der Waals surface area contributed by atoms with E-state index in [4.69, 9.17) is 4.74 Å². The lowest BCUT2D eigenvalue weighted by atomic mass is 10.2. The Hall–Kier alpha value is -3.17. The Morgan fingerprint density at radius 2 is 1.70 bits per heavy atom. The second kappa shape index (κ2) is 10.0. The van der Waals surface area contributed by atoms with Crippen LogP contribution in [-0.4, -0.2) is 53.7 Å². The van der Waals surface area contributed by atoms with Crippen LogP contribution in [0, 0.1) is 0 Å². The molecule has 9 heteroatoms. The number of nitrogens with one attached hydrogen (secondary N) is 2. The molecular weight excluding hydrogens is 398 g/mol. The number of aromatic nitrogens is 3. The molecule has 154 valence electrons. The summed E-state index contributed by atoms with van der Waals surface area (Å²) >= 11 is 1.71. The second-order valence-electron chi connectivity index (χ2n) is 6.52. The zero-order valence-electron chi connectivity index (χ0n) is 16.7. The lowest BCUT2D eigenvalue weighted by molar-refractivity contribution is 0.122. The highest BCUT2D eigenvalue weighted by molar-refractivity contribution is 7.98. The van der Waals surface area contributed by atoms with Crippen molar-refractivity contribution < 1.29 is 4.74 Å². The summed E-state index contributed by atoms with van der Waals surface area (Å²) in [5.74, 6) is 1.43. The number of hydrogen-bond donors (Lipinski definition) is 2. The Labute approximate surface area is 179 Å². The minimum absolute atomic E-state index is 0.377. The molecule has 0 unspecified atom stereocenters. The second-order valence-corrected chi connectivity index (χ2v) is 7.40. The maximum atomic E-state index is 5.44. The van der Waals surface area contributed by atoms with E-state index < -0.39 is 0 Å². The highest BCUT2D eigenvalue weighted by atomic mass is 32.2. The first kappa shape index (κ1) is 20.1. The summed E-state index contributed by atoms with van der Waals surface area (Å²) in [6, 6.07) is 18.0. The van der Waals surface area contributed by atoms with E-state index in [2.05, 4.69) is 54.1 Å². The van der Waals surface area contributed by atoms with Gasteiger partial charge in [-0.2, -0.15) is 20.1 Å². The van der Waals surface area contributed by atoms with Crippen LogP contribution in [0.25, 0.3) is 0 Å². The Balaban J connectivity index is 1.53. The van der Waals surface area contributed by atoms with Crippen molar-refractivity contribution in [2.75, 3.05) is 48.2 Å². The lowest BCUT2D eigenvalue weighted by Gasteiger charge is -2.27. The van der Waals surface area contributed by atoms with Gasteiger partial charge in [-0.15, -0.1) is 11.8 Å². The average molecular weight is 422 g/mol. The van der Waals surface area contributed by atoms with E-state index in [-0.39, 0.29) is 0 Å². The number of hydrazone groups is 1. The monoisotopic (exact) mass is 421 g/mol. The molecule has 0 saturated carbocycles. The van der Waals surface area contributed by atoms with Gasteiger partial charge in [-0.3, -0.25) is 0 Å². The number of anilines is 4. The molecule has 2 aromatic carbocycles. The lowest BCUT2D eigenvalue weighted by Crippen LogP contribution is -2.37. The van der Waals surface area contributed by atoms with Gasteiger partial charge >= 0.3 is 0 Å². The maximum absolute atomic E-state index is 5.44. The molecule has 3 aromatic rings. The van der Waals surface area contributed by atoms with Crippen molar-refractivity contribution in [2.45, 2.75) is 4.90 Å². The molecule has 0 bridgehead atoms. The molecule has 2 N–H and O–H groups in total. The highest BCUT2D eigenvalue weighted by Crippen LogP contribution is 2.19. The first-order valence-electron chi connectivity index (χ1n) is 9.64. The smallest absolute Gasteiger partial charge is 0.250 e. The molecule has 1 aromatic heterocycles. The topological polar surface area (TPSA) is 87.6 Å². The van der Waals surface area contributed by atoms with Crippen molar-refractivity contribution in [3.63, 3.8) is 0 Å². The Morgan fingerprint density at radius 1 is 0.967 bits per heavy atom. The Bertz CT molecular complexity index is 976. The molecule has 8 nitrogen and oxygen atoms in total. The number of hydrogen-bond acceptors (Lipinski definition) is 9. The van der Waals surface area contributed by atoms with Crippen molar-refractivity contribution in [3.8, 4) is 0 Å². The molecule has 1 aliphatic rings. The summed E-state index contributed by atoms with van der Waals surface area (Å²) in [5, 5.41) is 7.53. The third-order valence-corrected chi connectivity index (χ3v) is 5.19. The van der Waals surface area contributed by atoms with Gasteiger partial charge in [-0.1, -0.05) is 30.3 Å². The van der Waals surface area contributed by atoms with Crippen LogP contribution in [0.4, 0.5) is 23.5 Å². The molecule has 30 heavy (non-hydrogen) atoms. The molecule has 0 radical (unpaired) electrons. The molecule has 4 rings (SSSR count). The number of thioether (sulfide) groups is 1. The minimum atomic E-state index is 0.377. The molecule has 1 fully saturated rings. The molecule has 0 aliphatic carbocycles. The third kappa shape index (κ3) is 5.46. The van der Waals surface area contributed by atoms with Crippen molar-refractivity contribution >= 4 is 41.5 Å². The van der Waals surface area contributed by atoms with Gasteiger partial charge in [0.05, 0.1) is 19.4 Å². The predicted molar refractivity (Wildman–Crippen MR) is 122 cm³/mol. The van der Waals surface area contributed by atoms with Crippen molar-refractivity contribution in [2.24, 2.45) is 5.10 Å². The van der Waals surface area contributed by atoms with Crippen LogP contribution >= 0.6 is 11.8 Å². The van der Waals surface area contributed by atoms with Gasteiger partial charge in [0.25, 0.3) is 0 Å². The summed E-state index contributed by atoms with van der Waals surface area (Å²) in [5.41, 5.74) is 4.83. The van der Waals surface area contributed by atoms with E-state index in [0.717, 1.165) is 24.3 Å². The van der Waals surface area contributed by atoms with Crippen molar-refractivity contribution in [3.05, 3.63) is 60.2 Å². The summed E-state index contributed by atoms with van der Waals surface area (Å²) in [7, 11) is 0. The zero-order valence-corrected chi connectivity index (χ0v) is 17.5. The number of ether oxygens (including phenoxy) is 1. The van der Waals surface area contributed by atoms with E-state index >= 15 is 0 Å². The highest BCUT2D eigenvalue weighted by Gasteiger charge is 2.16. The average Bonchev–Trinajstić information content (AvgIpc) is 2.81.